The lowest BCUT2D eigenvalue weighted by atomic mass is 10.1. The van der Waals surface area contributed by atoms with Gasteiger partial charge >= 0.3 is 0 Å². The van der Waals surface area contributed by atoms with Crippen molar-refractivity contribution in [1.29, 1.82) is 0 Å². The number of aromatic nitrogens is 1. The molecule has 1 amide bonds. The molecule has 1 atom stereocenters. The van der Waals surface area contributed by atoms with Gasteiger partial charge in [-0.1, -0.05) is 31.0 Å². The van der Waals surface area contributed by atoms with Crippen molar-refractivity contribution in [1.82, 2.24) is 9.47 Å². The summed E-state index contributed by atoms with van der Waals surface area (Å²) in [5, 5.41) is 11.7. The maximum atomic E-state index is 12.4. The molecule has 0 spiro atoms. The van der Waals surface area contributed by atoms with Gasteiger partial charge < -0.3 is 14.6 Å². The number of aryl methyl sites for hydroxylation is 1. The summed E-state index contributed by atoms with van der Waals surface area (Å²) < 4.78 is 3.58. The Bertz CT molecular complexity index is 966. The second kappa shape index (κ2) is 8.02. The molecule has 140 valence electrons. The number of aliphatic hydroxyl groups is 1. The van der Waals surface area contributed by atoms with Gasteiger partial charge in [-0.15, -0.1) is 0 Å². The molecule has 1 aliphatic rings. The van der Waals surface area contributed by atoms with E-state index in [1.54, 1.807) is 11.0 Å². The highest BCUT2D eigenvalue weighted by Crippen LogP contribution is 2.31. The molecule has 0 saturated carbocycles. The Morgan fingerprint density at radius 1 is 0.963 bits per heavy atom. The first-order chi connectivity index (χ1) is 13.1. The molecule has 0 bridgehead atoms. The van der Waals surface area contributed by atoms with E-state index in [4.69, 9.17) is 0 Å². The lowest BCUT2D eigenvalue weighted by Gasteiger charge is -2.20. The number of aliphatic hydroxyl groups excluding tert-OH is 1. The predicted molar refractivity (Wildman–Crippen MR) is 116 cm³/mol. The van der Waals surface area contributed by atoms with E-state index >= 15 is 0 Å². The van der Waals surface area contributed by atoms with E-state index < -0.39 is 6.23 Å². The van der Waals surface area contributed by atoms with E-state index in [-0.39, 0.29) is 5.91 Å². The molecule has 4 rings (SSSR count). The van der Waals surface area contributed by atoms with Gasteiger partial charge in [0.1, 0.15) is 0 Å². The highest BCUT2D eigenvalue weighted by molar-refractivity contribution is 14.1. The Kier molecular flexibility index (Phi) is 5.50. The predicted octanol–water partition coefficient (Wildman–Crippen LogP) is 4.95. The van der Waals surface area contributed by atoms with Gasteiger partial charge in [0, 0.05) is 44.9 Å². The van der Waals surface area contributed by atoms with E-state index in [0.29, 0.717) is 12.1 Å². The lowest BCUT2D eigenvalue weighted by Crippen LogP contribution is -2.28. The maximum Gasteiger partial charge on any atom is 0.256 e. The number of hydrogen-bond acceptors (Lipinski definition) is 2. The highest BCUT2D eigenvalue weighted by Gasteiger charge is 2.34. The number of benzene rings is 2. The van der Waals surface area contributed by atoms with Crippen LogP contribution in [0.4, 0.5) is 0 Å². The van der Waals surface area contributed by atoms with Crippen molar-refractivity contribution in [2.24, 2.45) is 0 Å². The number of carbonyl (C=O) groups is 1. The highest BCUT2D eigenvalue weighted by atomic mass is 127. The molecule has 0 radical (unpaired) electrons. The quantitative estimate of drug-likeness (QED) is 0.389. The Labute approximate surface area is 172 Å². The second-order valence-electron chi connectivity index (χ2n) is 7.09. The molecule has 1 N–H and O–H groups in total. The zero-order valence-corrected chi connectivity index (χ0v) is 17.3. The Hall–Kier alpha value is -1.86. The maximum absolute atomic E-state index is 12.4. The third kappa shape index (κ3) is 3.75. The second-order valence-corrected chi connectivity index (χ2v) is 8.33. The van der Waals surface area contributed by atoms with Crippen LogP contribution < -0.4 is 0 Å². The van der Waals surface area contributed by atoms with Crippen molar-refractivity contribution < 1.29 is 9.90 Å². The van der Waals surface area contributed by atoms with Gasteiger partial charge in [-0.25, -0.2) is 0 Å². The topological polar surface area (TPSA) is 45.5 Å². The van der Waals surface area contributed by atoms with Crippen LogP contribution in [0.15, 0.2) is 54.7 Å². The largest absolute Gasteiger partial charge is 0.369 e. The molecule has 0 fully saturated rings. The number of carbonyl (C=O) groups excluding carboxylic acids is 1. The van der Waals surface area contributed by atoms with E-state index in [1.165, 1.54) is 14.5 Å². The minimum Gasteiger partial charge on any atom is -0.369 e. The molecular formula is C22H23IN2O2. The minimum atomic E-state index is -0.789. The molecule has 0 saturated heterocycles. The summed E-state index contributed by atoms with van der Waals surface area (Å²) >= 11 is 2.34. The summed E-state index contributed by atoms with van der Waals surface area (Å²) in [5.74, 6) is -0.0495. The Balaban J connectivity index is 1.23. The van der Waals surface area contributed by atoms with Gasteiger partial charge in [0.15, 0.2) is 6.23 Å². The molecule has 1 aromatic heterocycles. The Morgan fingerprint density at radius 2 is 1.74 bits per heavy atom. The van der Waals surface area contributed by atoms with Gasteiger partial charge in [-0.2, -0.15) is 0 Å². The smallest absolute Gasteiger partial charge is 0.256 e. The number of rotatable bonds is 7. The van der Waals surface area contributed by atoms with E-state index in [1.807, 2.05) is 18.2 Å². The van der Waals surface area contributed by atoms with Crippen molar-refractivity contribution in [2.45, 2.75) is 38.5 Å². The zero-order chi connectivity index (χ0) is 18.8. The van der Waals surface area contributed by atoms with Crippen LogP contribution in [0.5, 0.6) is 0 Å². The first-order valence-corrected chi connectivity index (χ1v) is 10.6. The Morgan fingerprint density at radius 3 is 2.56 bits per heavy atom. The first kappa shape index (κ1) is 18.5. The van der Waals surface area contributed by atoms with Crippen LogP contribution in [0.1, 0.15) is 47.8 Å². The number of unbranched alkanes of at least 4 members (excludes halogenated alkanes) is 3. The fourth-order valence-electron chi connectivity index (χ4n) is 3.86. The lowest BCUT2D eigenvalue weighted by molar-refractivity contribution is 0.0169. The number of halogens is 1. The molecule has 27 heavy (non-hydrogen) atoms. The average molecular weight is 474 g/mol. The minimum absolute atomic E-state index is 0.0495. The van der Waals surface area contributed by atoms with Gasteiger partial charge in [-0.3, -0.25) is 4.79 Å². The summed E-state index contributed by atoms with van der Waals surface area (Å²) in [4.78, 5) is 14.0. The van der Waals surface area contributed by atoms with Crippen LogP contribution in [0.2, 0.25) is 0 Å². The van der Waals surface area contributed by atoms with Crippen molar-refractivity contribution in [2.75, 3.05) is 6.54 Å². The van der Waals surface area contributed by atoms with E-state index in [0.717, 1.165) is 37.8 Å². The third-order valence-corrected chi connectivity index (χ3v) is 5.98. The van der Waals surface area contributed by atoms with Crippen molar-refractivity contribution in [3.63, 3.8) is 0 Å². The van der Waals surface area contributed by atoms with Crippen LogP contribution in [0.25, 0.3) is 10.9 Å². The monoisotopic (exact) mass is 474 g/mol. The number of hydrogen-bond donors (Lipinski definition) is 1. The molecule has 0 aliphatic carbocycles. The average Bonchev–Trinajstić information content (AvgIpc) is 3.18. The van der Waals surface area contributed by atoms with E-state index in [2.05, 4.69) is 57.6 Å². The van der Waals surface area contributed by atoms with Crippen molar-refractivity contribution in [3.8, 4) is 0 Å². The third-order valence-electron chi connectivity index (χ3n) is 5.31. The van der Waals surface area contributed by atoms with Crippen LogP contribution in [-0.4, -0.2) is 27.0 Å². The molecule has 1 unspecified atom stereocenters. The fourth-order valence-corrected chi connectivity index (χ4v) is 4.37. The van der Waals surface area contributed by atoms with E-state index in [9.17, 15) is 9.90 Å². The zero-order valence-electron chi connectivity index (χ0n) is 15.1. The van der Waals surface area contributed by atoms with Crippen molar-refractivity contribution >= 4 is 39.4 Å². The first-order valence-electron chi connectivity index (χ1n) is 9.47. The van der Waals surface area contributed by atoms with Gasteiger partial charge in [0.05, 0.1) is 0 Å². The number of amides is 1. The van der Waals surface area contributed by atoms with Gasteiger partial charge in [0.2, 0.25) is 0 Å². The van der Waals surface area contributed by atoms with Gasteiger partial charge in [0.25, 0.3) is 5.91 Å². The van der Waals surface area contributed by atoms with Crippen LogP contribution in [0, 0.1) is 3.57 Å². The standard InChI is InChI=1S/C22H23IN2O2/c23-17-9-10-20-16(15-17)11-14-24(20)12-5-1-2-6-13-25-21(26)18-7-3-4-8-19(18)22(25)27/h3-4,7-11,14-15,21,26H,1-2,5-6,12-13H2. The molecule has 2 heterocycles. The summed E-state index contributed by atoms with van der Waals surface area (Å²) in [5.41, 5.74) is 2.66. The SMILES string of the molecule is O=C1c2ccccc2C(O)N1CCCCCCn1ccc2cc(I)ccc21. The normalized spacial score (nSPS) is 16.3. The van der Waals surface area contributed by atoms with Crippen LogP contribution in [0.3, 0.4) is 0 Å². The molecule has 1 aliphatic heterocycles. The molecular weight excluding hydrogens is 451 g/mol. The van der Waals surface area contributed by atoms with Crippen LogP contribution >= 0.6 is 22.6 Å². The molecule has 2 aromatic carbocycles. The molecule has 3 aromatic rings. The summed E-state index contributed by atoms with van der Waals surface area (Å²) in [6.07, 6.45) is 5.59. The molecule has 4 nitrogen and oxygen atoms in total. The van der Waals surface area contributed by atoms with Crippen LogP contribution in [-0.2, 0) is 6.54 Å². The number of nitrogens with zero attached hydrogens (tertiary/aromatic N) is 2. The summed E-state index contributed by atoms with van der Waals surface area (Å²) in [6, 6.07) is 16.1. The van der Waals surface area contributed by atoms with Crippen molar-refractivity contribution in [3.05, 3.63) is 69.4 Å². The van der Waals surface area contributed by atoms with Gasteiger partial charge in [-0.05, 0) is 65.8 Å². The number of fused-ring (bicyclic) bond motifs is 2. The molecule has 5 heteroatoms. The summed E-state index contributed by atoms with van der Waals surface area (Å²) in [6.45, 7) is 1.63. The summed E-state index contributed by atoms with van der Waals surface area (Å²) in [7, 11) is 0. The fraction of sp³-hybridized carbons (Fsp3) is 0.318.